The summed E-state index contributed by atoms with van der Waals surface area (Å²) in [5.74, 6) is -1.17. The van der Waals surface area contributed by atoms with E-state index in [-0.39, 0.29) is 11.6 Å². The Kier molecular flexibility index (Phi) is 1.48. The molecular weight excluding hydrogens is 172 g/mol. The molecular formula is C7H5N4O2. The Morgan fingerprint density at radius 3 is 3.08 bits per heavy atom. The summed E-state index contributed by atoms with van der Waals surface area (Å²) in [6, 6.07) is 1.60. The molecule has 13 heavy (non-hydrogen) atoms. The third kappa shape index (κ3) is 1.12. The number of aryl methyl sites for hydroxylation is 1. The zero-order valence-electron chi connectivity index (χ0n) is 6.72. The molecule has 0 bridgehead atoms. The summed E-state index contributed by atoms with van der Waals surface area (Å²) in [6.07, 6.45) is 2.59. The second-order valence-electron chi connectivity index (χ2n) is 2.48. The van der Waals surface area contributed by atoms with E-state index in [1.165, 1.54) is 4.52 Å². The maximum Gasteiger partial charge on any atom is 0.375 e. The van der Waals surface area contributed by atoms with Gasteiger partial charge in [0.05, 0.1) is 6.20 Å². The van der Waals surface area contributed by atoms with Crippen LogP contribution in [0.25, 0.3) is 5.78 Å². The third-order valence-electron chi connectivity index (χ3n) is 1.55. The van der Waals surface area contributed by atoms with E-state index < -0.39 is 5.97 Å². The number of aromatic carboxylic acids is 1. The van der Waals surface area contributed by atoms with Gasteiger partial charge in [0.15, 0.2) is 0 Å². The van der Waals surface area contributed by atoms with Crippen molar-refractivity contribution >= 4 is 11.7 Å². The van der Waals surface area contributed by atoms with Crippen molar-refractivity contribution < 1.29 is 9.90 Å². The lowest BCUT2D eigenvalue weighted by molar-refractivity contribution is 0.0684. The molecule has 0 aliphatic carbocycles. The molecule has 2 aromatic heterocycles. The minimum Gasteiger partial charge on any atom is -0.475 e. The average Bonchev–Trinajstić information content (AvgIpc) is 2.49. The first-order chi connectivity index (χ1) is 6.18. The monoisotopic (exact) mass is 177 g/mol. The fraction of sp³-hybridized carbons (Fsp3) is 0.143. The Labute approximate surface area is 72.9 Å². The number of rotatable bonds is 1. The van der Waals surface area contributed by atoms with Crippen LogP contribution in [0.2, 0.25) is 0 Å². The predicted molar refractivity (Wildman–Crippen MR) is 41.3 cm³/mol. The van der Waals surface area contributed by atoms with Crippen LogP contribution in [0.15, 0.2) is 6.07 Å². The number of aromatic nitrogens is 4. The number of carboxylic acid groups (broad SMARTS) is 1. The number of carboxylic acids is 1. The van der Waals surface area contributed by atoms with E-state index in [4.69, 9.17) is 5.11 Å². The quantitative estimate of drug-likeness (QED) is 0.659. The van der Waals surface area contributed by atoms with Gasteiger partial charge in [-0.1, -0.05) is 0 Å². The normalized spacial score (nSPS) is 10.5. The molecule has 1 radical (unpaired) electrons. The highest BCUT2D eigenvalue weighted by molar-refractivity contribution is 5.83. The largest absolute Gasteiger partial charge is 0.475 e. The summed E-state index contributed by atoms with van der Waals surface area (Å²) in [5, 5.41) is 12.3. The summed E-state index contributed by atoms with van der Waals surface area (Å²) in [4.78, 5) is 17.9. The van der Waals surface area contributed by atoms with Gasteiger partial charge in [-0.2, -0.15) is 4.98 Å². The standard InChI is InChI=1S/C7H5N4O2/c1-4-2-3-8-7-9-5(6(12)13)10-11(4)7/h2H,1H3,(H,12,13). The highest BCUT2D eigenvalue weighted by atomic mass is 16.4. The zero-order valence-corrected chi connectivity index (χ0v) is 6.72. The zero-order chi connectivity index (χ0) is 9.42. The van der Waals surface area contributed by atoms with Gasteiger partial charge < -0.3 is 5.11 Å². The molecule has 1 N–H and O–H groups in total. The van der Waals surface area contributed by atoms with Gasteiger partial charge in [0.1, 0.15) is 0 Å². The SMILES string of the molecule is Cc1c[c]nc2nc(C(=O)O)nn12. The third-order valence-corrected chi connectivity index (χ3v) is 1.55. The molecule has 0 spiro atoms. The van der Waals surface area contributed by atoms with Gasteiger partial charge in [0.25, 0.3) is 11.6 Å². The molecule has 0 aromatic carbocycles. The minimum absolute atomic E-state index is 0.248. The van der Waals surface area contributed by atoms with E-state index in [2.05, 4.69) is 21.3 Å². The fourth-order valence-electron chi connectivity index (χ4n) is 0.948. The van der Waals surface area contributed by atoms with Crippen LogP contribution in [0.1, 0.15) is 16.3 Å². The first-order valence-corrected chi connectivity index (χ1v) is 3.52. The highest BCUT2D eigenvalue weighted by Gasteiger charge is 2.11. The Bertz CT molecular complexity index is 476. The molecule has 2 rings (SSSR count). The Morgan fingerprint density at radius 2 is 2.46 bits per heavy atom. The summed E-state index contributed by atoms with van der Waals surface area (Å²) in [6.45, 7) is 1.77. The first-order valence-electron chi connectivity index (χ1n) is 3.52. The van der Waals surface area contributed by atoms with Crippen LogP contribution in [0.5, 0.6) is 0 Å². The van der Waals surface area contributed by atoms with E-state index in [1.54, 1.807) is 13.0 Å². The van der Waals surface area contributed by atoms with Crippen LogP contribution in [-0.4, -0.2) is 30.7 Å². The van der Waals surface area contributed by atoms with Crippen LogP contribution in [0.4, 0.5) is 0 Å². The van der Waals surface area contributed by atoms with E-state index in [1.807, 2.05) is 0 Å². The molecule has 0 saturated heterocycles. The van der Waals surface area contributed by atoms with Crippen LogP contribution in [-0.2, 0) is 0 Å². The molecule has 0 aliphatic heterocycles. The van der Waals surface area contributed by atoms with Crippen molar-refractivity contribution in [2.45, 2.75) is 6.92 Å². The summed E-state index contributed by atoms with van der Waals surface area (Å²) in [7, 11) is 0. The number of hydrogen-bond acceptors (Lipinski definition) is 4. The lowest BCUT2D eigenvalue weighted by Crippen LogP contribution is -2.00. The van der Waals surface area contributed by atoms with E-state index in [0.29, 0.717) is 0 Å². The number of hydrogen-bond donors (Lipinski definition) is 1. The molecule has 0 fully saturated rings. The lowest BCUT2D eigenvalue weighted by Gasteiger charge is -1.92. The second-order valence-corrected chi connectivity index (χ2v) is 2.48. The Balaban J connectivity index is 2.75. The van der Waals surface area contributed by atoms with Crippen molar-refractivity contribution in [3.05, 3.63) is 23.8 Å². The maximum absolute atomic E-state index is 10.5. The van der Waals surface area contributed by atoms with Crippen molar-refractivity contribution in [2.75, 3.05) is 0 Å². The van der Waals surface area contributed by atoms with Crippen LogP contribution in [0, 0.1) is 13.1 Å². The molecule has 6 nitrogen and oxygen atoms in total. The van der Waals surface area contributed by atoms with Crippen molar-refractivity contribution in [1.82, 2.24) is 19.6 Å². The Hall–Kier alpha value is -1.98. The van der Waals surface area contributed by atoms with Crippen molar-refractivity contribution in [2.24, 2.45) is 0 Å². The van der Waals surface area contributed by atoms with Gasteiger partial charge in [-0.3, -0.25) is 0 Å². The van der Waals surface area contributed by atoms with Crippen LogP contribution >= 0.6 is 0 Å². The van der Waals surface area contributed by atoms with Gasteiger partial charge >= 0.3 is 5.97 Å². The molecule has 0 amide bonds. The van der Waals surface area contributed by atoms with E-state index >= 15 is 0 Å². The minimum atomic E-state index is -1.16. The molecule has 6 heteroatoms. The van der Waals surface area contributed by atoms with Crippen molar-refractivity contribution in [1.29, 1.82) is 0 Å². The molecule has 0 atom stereocenters. The van der Waals surface area contributed by atoms with Crippen LogP contribution in [0.3, 0.4) is 0 Å². The van der Waals surface area contributed by atoms with Crippen molar-refractivity contribution in [3.63, 3.8) is 0 Å². The topological polar surface area (TPSA) is 80.4 Å². The van der Waals surface area contributed by atoms with Gasteiger partial charge in [-0.25, -0.2) is 14.3 Å². The summed E-state index contributed by atoms with van der Waals surface area (Å²) < 4.78 is 1.36. The van der Waals surface area contributed by atoms with Gasteiger partial charge in [-0.15, -0.1) is 5.10 Å². The van der Waals surface area contributed by atoms with Gasteiger partial charge in [0.2, 0.25) is 0 Å². The highest BCUT2D eigenvalue weighted by Crippen LogP contribution is 2.00. The number of fused-ring (bicyclic) bond motifs is 1. The van der Waals surface area contributed by atoms with Gasteiger partial charge in [0, 0.05) is 5.69 Å². The lowest BCUT2D eigenvalue weighted by atomic mass is 10.5. The fourth-order valence-corrected chi connectivity index (χ4v) is 0.948. The van der Waals surface area contributed by atoms with E-state index in [0.717, 1.165) is 5.69 Å². The summed E-state index contributed by atoms with van der Waals surface area (Å²) >= 11 is 0. The number of carbonyl (C=O) groups is 1. The van der Waals surface area contributed by atoms with E-state index in [9.17, 15) is 4.79 Å². The average molecular weight is 177 g/mol. The number of nitrogens with zero attached hydrogens (tertiary/aromatic N) is 4. The molecule has 65 valence electrons. The molecule has 0 unspecified atom stereocenters. The molecule has 0 saturated carbocycles. The predicted octanol–water partition coefficient (Wildman–Crippen LogP) is -0.0689. The molecule has 2 aromatic rings. The first kappa shape index (κ1) is 7.66. The van der Waals surface area contributed by atoms with Crippen molar-refractivity contribution in [3.8, 4) is 0 Å². The molecule has 0 aliphatic rings. The summed E-state index contributed by atoms with van der Waals surface area (Å²) in [5.41, 5.74) is 0.741. The van der Waals surface area contributed by atoms with Gasteiger partial charge in [-0.05, 0) is 13.0 Å². The second kappa shape index (κ2) is 2.51. The smallest absolute Gasteiger partial charge is 0.375 e. The molecule has 2 heterocycles. The maximum atomic E-state index is 10.5. The van der Waals surface area contributed by atoms with Crippen LogP contribution < -0.4 is 0 Å². The Morgan fingerprint density at radius 1 is 1.69 bits per heavy atom.